The summed E-state index contributed by atoms with van der Waals surface area (Å²) >= 11 is 6.01. The van der Waals surface area contributed by atoms with E-state index in [1.165, 1.54) is 16.8 Å². The maximum Gasteiger partial charge on any atom is 0.0426 e. The van der Waals surface area contributed by atoms with Crippen molar-refractivity contribution in [2.45, 2.75) is 13.8 Å². The average Bonchev–Trinajstić information content (AvgIpc) is 2.26. The lowest BCUT2D eigenvalue weighted by atomic mass is 10.1. The minimum absolute atomic E-state index is 0. The van der Waals surface area contributed by atoms with Crippen molar-refractivity contribution < 1.29 is 0 Å². The van der Waals surface area contributed by atoms with Gasteiger partial charge in [0.05, 0.1) is 0 Å². The summed E-state index contributed by atoms with van der Waals surface area (Å²) < 4.78 is 0. The molecule has 0 radical (unpaired) electrons. The van der Waals surface area contributed by atoms with E-state index in [-0.39, 0.29) is 12.4 Å². The topological polar surface area (TPSA) is 3.24 Å². The largest absolute Gasteiger partial charge is 0.345 e. The minimum atomic E-state index is 0. The van der Waals surface area contributed by atoms with Crippen LogP contribution in [0.4, 0.5) is 11.4 Å². The molecule has 18 heavy (non-hydrogen) atoms. The van der Waals surface area contributed by atoms with Gasteiger partial charge in [-0.2, -0.15) is 0 Å². The Morgan fingerprint density at radius 2 is 1.50 bits per heavy atom. The van der Waals surface area contributed by atoms with Crippen molar-refractivity contribution in [2.75, 3.05) is 11.9 Å². The van der Waals surface area contributed by atoms with Crippen molar-refractivity contribution in [3.05, 3.63) is 58.6 Å². The van der Waals surface area contributed by atoms with Crippen molar-refractivity contribution in [2.24, 2.45) is 0 Å². The second-order valence-corrected chi connectivity index (χ2v) is 4.82. The molecule has 0 aromatic heterocycles. The first-order chi connectivity index (χ1) is 8.06. The van der Waals surface area contributed by atoms with Crippen molar-refractivity contribution >= 4 is 35.4 Å². The lowest BCUT2D eigenvalue weighted by Crippen LogP contribution is -2.09. The molecule has 96 valence electrons. The third kappa shape index (κ3) is 3.41. The fourth-order valence-corrected chi connectivity index (χ4v) is 2.16. The molecule has 2 aromatic rings. The Morgan fingerprint density at radius 3 is 2.06 bits per heavy atom. The average molecular weight is 282 g/mol. The van der Waals surface area contributed by atoms with Crippen LogP contribution in [-0.2, 0) is 0 Å². The molecule has 2 aromatic carbocycles. The Labute approximate surface area is 120 Å². The molecule has 0 atom stereocenters. The van der Waals surface area contributed by atoms with Gasteiger partial charge >= 0.3 is 0 Å². The summed E-state index contributed by atoms with van der Waals surface area (Å²) in [4.78, 5) is 2.14. The van der Waals surface area contributed by atoms with Crippen LogP contribution in [-0.4, -0.2) is 7.05 Å². The Balaban J connectivity index is 0.00000162. The summed E-state index contributed by atoms with van der Waals surface area (Å²) in [7, 11) is 2.06. The quantitative estimate of drug-likeness (QED) is 0.736. The van der Waals surface area contributed by atoms with E-state index in [0.717, 1.165) is 10.7 Å². The van der Waals surface area contributed by atoms with Gasteiger partial charge in [0.25, 0.3) is 0 Å². The maximum atomic E-state index is 6.01. The van der Waals surface area contributed by atoms with E-state index in [1.54, 1.807) is 0 Å². The van der Waals surface area contributed by atoms with Crippen LogP contribution in [0.2, 0.25) is 5.02 Å². The van der Waals surface area contributed by atoms with Gasteiger partial charge in [-0.1, -0.05) is 23.7 Å². The number of anilines is 2. The van der Waals surface area contributed by atoms with E-state index in [1.807, 2.05) is 18.2 Å². The van der Waals surface area contributed by atoms with Crippen molar-refractivity contribution in [1.29, 1.82) is 0 Å². The van der Waals surface area contributed by atoms with Gasteiger partial charge in [-0.15, -0.1) is 12.4 Å². The highest BCUT2D eigenvalue weighted by atomic mass is 35.5. The monoisotopic (exact) mass is 281 g/mol. The summed E-state index contributed by atoms with van der Waals surface area (Å²) in [5.74, 6) is 0. The summed E-state index contributed by atoms with van der Waals surface area (Å²) in [6.45, 7) is 4.23. The van der Waals surface area contributed by atoms with Crippen LogP contribution in [0.1, 0.15) is 11.1 Å². The second kappa shape index (κ2) is 6.12. The Bertz CT molecular complexity index is 518. The standard InChI is InChI=1S/C15H16ClN.ClH/c1-11-7-12(2)9-15(8-11)17(3)14-6-4-5-13(16)10-14;/h4-10H,1-3H3;1H. The zero-order chi connectivity index (χ0) is 12.4. The summed E-state index contributed by atoms with van der Waals surface area (Å²) in [5, 5.41) is 0.763. The van der Waals surface area contributed by atoms with Gasteiger partial charge < -0.3 is 4.90 Å². The number of aryl methyl sites for hydroxylation is 2. The van der Waals surface area contributed by atoms with Gasteiger partial charge in [-0.3, -0.25) is 0 Å². The third-order valence-corrected chi connectivity index (χ3v) is 3.02. The minimum Gasteiger partial charge on any atom is -0.345 e. The van der Waals surface area contributed by atoms with Crippen LogP contribution in [0.15, 0.2) is 42.5 Å². The van der Waals surface area contributed by atoms with Crippen LogP contribution in [0.5, 0.6) is 0 Å². The molecule has 0 saturated heterocycles. The number of benzene rings is 2. The highest BCUT2D eigenvalue weighted by Crippen LogP contribution is 2.27. The molecule has 3 heteroatoms. The summed E-state index contributed by atoms with van der Waals surface area (Å²) in [6, 6.07) is 14.4. The molecule has 0 aliphatic carbocycles. The van der Waals surface area contributed by atoms with E-state index >= 15 is 0 Å². The molecule has 0 spiro atoms. The molecule has 0 aliphatic rings. The molecule has 0 N–H and O–H groups in total. The predicted molar refractivity (Wildman–Crippen MR) is 82.7 cm³/mol. The molecule has 0 bridgehead atoms. The number of nitrogens with zero attached hydrogens (tertiary/aromatic N) is 1. The molecular weight excluding hydrogens is 265 g/mol. The van der Waals surface area contributed by atoms with Crippen LogP contribution in [0.3, 0.4) is 0 Å². The van der Waals surface area contributed by atoms with Crippen molar-refractivity contribution in [3.8, 4) is 0 Å². The summed E-state index contributed by atoms with van der Waals surface area (Å²) in [5.41, 5.74) is 4.83. The smallest absolute Gasteiger partial charge is 0.0426 e. The first-order valence-corrected chi connectivity index (χ1v) is 6.01. The lowest BCUT2D eigenvalue weighted by molar-refractivity contribution is 1.19. The molecule has 2 rings (SSSR count). The Hall–Kier alpha value is -1.18. The Kier molecular flexibility index (Phi) is 5.06. The second-order valence-electron chi connectivity index (χ2n) is 4.38. The van der Waals surface area contributed by atoms with E-state index in [0.29, 0.717) is 0 Å². The molecule has 1 nitrogen and oxygen atoms in total. The van der Waals surface area contributed by atoms with Gasteiger partial charge in [-0.25, -0.2) is 0 Å². The van der Waals surface area contributed by atoms with E-state index in [2.05, 4.69) is 50.1 Å². The van der Waals surface area contributed by atoms with Gasteiger partial charge in [0, 0.05) is 23.4 Å². The molecule has 0 aliphatic heterocycles. The Morgan fingerprint density at radius 1 is 0.889 bits per heavy atom. The van der Waals surface area contributed by atoms with E-state index in [4.69, 9.17) is 11.6 Å². The molecule has 0 heterocycles. The maximum absolute atomic E-state index is 6.01. The highest BCUT2D eigenvalue weighted by molar-refractivity contribution is 6.30. The van der Waals surface area contributed by atoms with Crippen molar-refractivity contribution in [3.63, 3.8) is 0 Å². The molecule has 0 fully saturated rings. The third-order valence-electron chi connectivity index (χ3n) is 2.79. The first-order valence-electron chi connectivity index (χ1n) is 5.64. The number of rotatable bonds is 2. The lowest BCUT2D eigenvalue weighted by Gasteiger charge is -2.20. The van der Waals surface area contributed by atoms with Gasteiger partial charge in [0.15, 0.2) is 0 Å². The fourth-order valence-electron chi connectivity index (χ4n) is 1.98. The van der Waals surface area contributed by atoms with Crippen LogP contribution >= 0.6 is 24.0 Å². The van der Waals surface area contributed by atoms with E-state index < -0.39 is 0 Å². The number of halogens is 2. The molecule has 0 saturated carbocycles. The van der Waals surface area contributed by atoms with Crippen LogP contribution in [0.25, 0.3) is 0 Å². The van der Waals surface area contributed by atoms with Crippen LogP contribution in [0, 0.1) is 13.8 Å². The highest BCUT2D eigenvalue weighted by Gasteiger charge is 2.05. The first kappa shape index (κ1) is 14.9. The number of hydrogen-bond acceptors (Lipinski definition) is 1. The molecule has 0 unspecified atom stereocenters. The van der Waals surface area contributed by atoms with Crippen LogP contribution < -0.4 is 4.90 Å². The van der Waals surface area contributed by atoms with Gasteiger partial charge in [0.2, 0.25) is 0 Å². The number of hydrogen-bond donors (Lipinski definition) is 0. The van der Waals surface area contributed by atoms with Gasteiger partial charge in [0.1, 0.15) is 0 Å². The zero-order valence-electron chi connectivity index (χ0n) is 10.8. The van der Waals surface area contributed by atoms with E-state index in [9.17, 15) is 0 Å². The normalized spacial score (nSPS) is 9.78. The summed E-state index contributed by atoms with van der Waals surface area (Å²) in [6.07, 6.45) is 0. The SMILES string of the molecule is Cc1cc(C)cc(N(C)c2cccc(Cl)c2)c1.Cl. The zero-order valence-corrected chi connectivity index (χ0v) is 12.3. The molecule has 0 amide bonds. The molecular formula is C15H17Cl2N. The predicted octanol–water partition coefficient (Wildman–Crippen LogP) is 5.15. The fraction of sp³-hybridized carbons (Fsp3) is 0.200. The van der Waals surface area contributed by atoms with Crippen molar-refractivity contribution in [1.82, 2.24) is 0 Å². The van der Waals surface area contributed by atoms with Gasteiger partial charge in [-0.05, 0) is 55.3 Å².